The van der Waals surface area contributed by atoms with Crippen molar-refractivity contribution in [2.24, 2.45) is 0 Å². The zero-order valence-corrected chi connectivity index (χ0v) is 12.0. The Morgan fingerprint density at radius 2 is 1.96 bits per heavy atom. The van der Waals surface area contributed by atoms with Crippen LogP contribution in [0, 0.1) is 6.92 Å². The number of amides is 3. The van der Waals surface area contributed by atoms with Crippen LogP contribution in [0.2, 0.25) is 0 Å². The Hall–Kier alpha value is -3.35. The number of hydrogen-bond donors (Lipinski definition) is 3. The number of carbonyl (C=O) groups is 3. The molecule has 1 fully saturated rings. The maximum absolute atomic E-state index is 11.5. The van der Waals surface area contributed by atoms with E-state index in [1.54, 1.807) is 31.2 Å². The van der Waals surface area contributed by atoms with Gasteiger partial charge in [0, 0.05) is 11.6 Å². The molecule has 0 atom stereocenters. The highest BCUT2D eigenvalue weighted by Crippen LogP contribution is 2.28. The van der Waals surface area contributed by atoms with Gasteiger partial charge in [-0.3, -0.25) is 10.1 Å². The molecular weight excluding hydrogens is 300 g/mol. The third-order valence-electron chi connectivity index (χ3n) is 3.46. The standard InChI is InChI=1S/C16H12N2O5/c1-8-10(3-2-4-11(8)15(20)21)13-6-5-9(23-13)7-12-14(19)18-16(22)17-12/h2-7H,1H3,(H,20,21)(H2,17,18,19,22). The summed E-state index contributed by atoms with van der Waals surface area (Å²) in [6.07, 6.45) is 1.40. The number of urea groups is 1. The number of imide groups is 1. The van der Waals surface area contributed by atoms with Crippen LogP contribution in [0.4, 0.5) is 4.79 Å². The van der Waals surface area contributed by atoms with E-state index in [0.29, 0.717) is 22.6 Å². The van der Waals surface area contributed by atoms with E-state index in [2.05, 4.69) is 10.6 Å². The zero-order valence-electron chi connectivity index (χ0n) is 12.0. The van der Waals surface area contributed by atoms with Gasteiger partial charge >= 0.3 is 12.0 Å². The molecule has 0 aliphatic carbocycles. The molecule has 1 saturated heterocycles. The van der Waals surface area contributed by atoms with Gasteiger partial charge in [-0.05, 0) is 30.7 Å². The van der Waals surface area contributed by atoms with E-state index in [1.165, 1.54) is 12.1 Å². The van der Waals surface area contributed by atoms with Gasteiger partial charge in [0.2, 0.25) is 0 Å². The van der Waals surface area contributed by atoms with Gasteiger partial charge in [-0.15, -0.1) is 0 Å². The van der Waals surface area contributed by atoms with Gasteiger partial charge in [0.05, 0.1) is 5.56 Å². The molecule has 3 amide bonds. The van der Waals surface area contributed by atoms with E-state index >= 15 is 0 Å². The summed E-state index contributed by atoms with van der Waals surface area (Å²) in [4.78, 5) is 33.7. The number of aromatic carboxylic acids is 1. The minimum absolute atomic E-state index is 0.0897. The molecule has 1 aromatic heterocycles. The van der Waals surface area contributed by atoms with Crippen LogP contribution in [0.15, 0.2) is 40.4 Å². The highest BCUT2D eigenvalue weighted by molar-refractivity contribution is 6.13. The third-order valence-corrected chi connectivity index (χ3v) is 3.46. The molecule has 0 unspecified atom stereocenters. The molecule has 23 heavy (non-hydrogen) atoms. The van der Waals surface area contributed by atoms with Crippen LogP contribution >= 0.6 is 0 Å². The van der Waals surface area contributed by atoms with Crippen molar-refractivity contribution in [3.63, 3.8) is 0 Å². The van der Waals surface area contributed by atoms with Crippen molar-refractivity contribution >= 4 is 24.0 Å². The second kappa shape index (κ2) is 5.45. The van der Waals surface area contributed by atoms with Crippen LogP contribution in [0.1, 0.15) is 21.7 Å². The van der Waals surface area contributed by atoms with Gasteiger partial charge in [0.25, 0.3) is 5.91 Å². The maximum atomic E-state index is 11.5. The van der Waals surface area contributed by atoms with Crippen molar-refractivity contribution in [2.45, 2.75) is 6.92 Å². The van der Waals surface area contributed by atoms with E-state index in [0.717, 1.165) is 0 Å². The average molecular weight is 312 g/mol. The van der Waals surface area contributed by atoms with Crippen molar-refractivity contribution < 1.29 is 23.9 Å². The van der Waals surface area contributed by atoms with Crippen LogP contribution in [-0.2, 0) is 4.79 Å². The Bertz CT molecular complexity index is 863. The molecule has 116 valence electrons. The second-order valence-electron chi connectivity index (χ2n) is 4.95. The van der Waals surface area contributed by atoms with Crippen LogP contribution in [0.5, 0.6) is 0 Å². The van der Waals surface area contributed by atoms with Crippen molar-refractivity contribution in [3.05, 3.63) is 52.9 Å². The molecule has 3 rings (SSSR count). The predicted octanol–water partition coefficient (Wildman–Crippen LogP) is 2.13. The van der Waals surface area contributed by atoms with E-state index in [-0.39, 0.29) is 11.3 Å². The first-order chi connectivity index (χ1) is 11.0. The number of carbonyl (C=O) groups excluding carboxylic acids is 2. The lowest BCUT2D eigenvalue weighted by Crippen LogP contribution is -2.22. The highest BCUT2D eigenvalue weighted by Gasteiger charge is 2.23. The molecule has 0 radical (unpaired) electrons. The lowest BCUT2D eigenvalue weighted by atomic mass is 10.0. The molecule has 1 aliphatic heterocycles. The number of nitrogens with one attached hydrogen (secondary N) is 2. The van der Waals surface area contributed by atoms with Crippen molar-refractivity contribution in [3.8, 4) is 11.3 Å². The van der Waals surface area contributed by atoms with Crippen LogP contribution in [0.3, 0.4) is 0 Å². The molecule has 0 saturated carbocycles. The van der Waals surface area contributed by atoms with Crippen LogP contribution in [0.25, 0.3) is 17.4 Å². The first-order valence-corrected chi connectivity index (χ1v) is 6.73. The number of carboxylic acids is 1. The molecule has 2 aromatic rings. The summed E-state index contributed by atoms with van der Waals surface area (Å²) in [5.74, 6) is -0.699. The second-order valence-corrected chi connectivity index (χ2v) is 4.95. The summed E-state index contributed by atoms with van der Waals surface area (Å²) in [5, 5.41) is 13.6. The van der Waals surface area contributed by atoms with Gasteiger partial charge in [0.1, 0.15) is 17.2 Å². The van der Waals surface area contributed by atoms with Crippen LogP contribution in [-0.4, -0.2) is 23.0 Å². The fourth-order valence-electron chi connectivity index (χ4n) is 2.33. The number of furan rings is 1. The third kappa shape index (κ3) is 2.71. The fourth-order valence-corrected chi connectivity index (χ4v) is 2.33. The Balaban J connectivity index is 1.96. The number of hydrogen-bond acceptors (Lipinski definition) is 4. The summed E-state index contributed by atoms with van der Waals surface area (Å²) in [5.41, 5.74) is 1.52. The minimum Gasteiger partial charge on any atom is -0.478 e. The number of rotatable bonds is 3. The zero-order chi connectivity index (χ0) is 16.6. The average Bonchev–Trinajstić information content (AvgIpc) is 3.06. The van der Waals surface area contributed by atoms with Crippen molar-refractivity contribution in [1.29, 1.82) is 0 Å². The highest BCUT2D eigenvalue weighted by atomic mass is 16.4. The number of benzene rings is 1. The summed E-state index contributed by atoms with van der Waals surface area (Å²) < 4.78 is 5.63. The Labute approximate surface area is 130 Å². The molecular formula is C16H12N2O5. The molecule has 0 bridgehead atoms. The molecule has 0 spiro atoms. The first-order valence-electron chi connectivity index (χ1n) is 6.73. The van der Waals surface area contributed by atoms with Gasteiger partial charge < -0.3 is 14.8 Å². The van der Waals surface area contributed by atoms with Gasteiger partial charge in [-0.25, -0.2) is 9.59 Å². The van der Waals surface area contributed by atoms with Gasteiger partial charge in [-0.2, -0.15) is 0 Å². The summed E-state index contributed by atoms with van der Waals surface area (Å²) in [7, 11) is 0. The molecule has 1 aliphatic rings. The fraction of sp³-hybridized carbons (Fsp3) is 0.0625. The summed E-state index contributed by atoms with van der Waals surface area (Å²) in [6.45, 7) is 1.70. The molecule has 3 N–H and O–H groups in total. The van der Waals surface area contributed by atoms with Gasteiger partial charge in [0.15, 0.2) is 0 Å². The van der Waals surface area contributed by atoms with Gasteiger partial charge in [-0.1, -0.05) is 12.1 Å². The molecule has 7 heteroatoms. The lowest BCUT2D eigenvalue weighted by Gasteiger charge is -2.05. The Morgan fingerprint density at radius 3 is 2.61 bits per heavy atom. The Morgan fingerprint density at radius 1 is 1.17 bits per heavy atom. The minimum atomic E-state index is -1.01. The summed E-state index contributed by atoms with van der Waals surface area (Å²) >= 11 is 0. The molecule has 2 heterocycles. The molecule has 1 aromatic carbocycles. The Kier molecular flexibility index (Phi) is 3.46. The van der Waals surface area contributed by atoms with Crippen molar-refractivity contribution in [2.75, 3.05) is 0 Å². The smallest absolute Gasteiger partial charge is 0.335 e. The monoisotopic (exact) mass is 312 g/mol. The summed E-state index contributed by atoms with van der Waals surface area (Å²) in [6, 6.07) is 7.63. The van der Waals surface area contributed by atoms with Crippen molar-refractivity contribution in [1.82, 2.24) is 10.6 Å². The van der Waals surface area contributed by atoms with E-state index in [1.807, 2.05) is 0 Å². The van der Waals surface area contributed by atoms with E-state index in [4.69, 9.17) is 9.52 Å². The topological polar surface area (TPSA) is 109 Å². The first kappa shape index (κ1) is 14.6. The normalized spacial score (nSPS) is 15.6. The lowest BCUT2D eigenvalue weighted by molar-refractivity contribution is -0.115. The maximum Gasteiger partial charge on any atom is 0.335 e. The van der Waals surface area contributed by atoms with E-state index in [9.17, 15) is 14.4 Å². The van der Waals surface area contributed by atoms with E-state index < -0.39 is 17.9 Å². The SMILES string of the molecule is Cc1c(C(=O)O)cccc1-c1ccc(C=C2NC(=O)NC2=O)o1. The predicted molar refractivity (Wildman–Crippen MR) is 80.5 cm³/mol. The largest absolute Gasteiger partial charge is 0.478 e. The molecule has 7 nitrogen and oxygen atoms in total. The quantitative estimate of drug-likeness (QED) is 0.594. The number of carboxylic acid groups (broad SMARTS) is 1. The van der Waals surface area contributed by atoms with Crippen LogP contribution < -0.4 is 10.6 Å².